The smallest absolute Gasteiger partial charge is 0.127 e. The molecule has 2 rings (SSSR count). The summed E-state index contributed by atoms with van der Waals surface area (Å²) < 4.78 is 13.3. The van der Waals surface area contributed by atoms with Crippen LogP contribution in [0.4, 0.5) is 4.39 Å². The van der Waals surface area contributed by atoms with Crippen molar-refractivity contribution in [2.75, 3.05) is 6.54 Å². The third-order valence-electron chi connectivity index (χ3n) is 2.80. The number of rotatable bonds is 5. The second-order valence-electron chi connectivity index (χ2n) is 4.18. The average Bonchev–Trinajstić information content (AvgIpc) is 2.39. The van der Waals surface area contributed by atoms with Crippen LogP contribution in [0.3, 0.4) is 0 Å². The van der Waals surface area contributed by atoms with Crippen molar-refractivity contribution >= 4 is 0 Å². The lowest BCUT2D eigenvalue weighted by Crippen LogP contribution is -2.17. The molecule has 2 N–H and O–H groups in total. The molecule has 0 spiro atoms. The van der Waals surface area contributed by atoms with Gasteiger partial charge in [0.25, 0.3) is 0 Å². The minimum Gasteiger partial charge on any atom is -0.508 e. The highest BCUT2D eigenvalue weighted by Gasteiger charge is 1.99. The summed E-state index contributed by atoms with van der Waals surface area (Å²) in [4.78, 5) is 0. The van der Waals surface area contributed by atoms with Gasteiger partial charge in [0.15, 0.2) is 0 Å². The first-order valence-electron chi connectivity index (χ1n) is 5.98. The maximum absolute atomic E-state index is 13.3. The summed E-state index contributed by atoms with van der Waals surface area (Å²) >= 11 is 0. The van der Waals surface area contributed by atoms with Crippen LogP contribution in [0.25, 0.3) is 0 Å². The summed E-state index contributed by atoms with van der Waals surface area (Å²) in [6.07, 6.45) is 0.856. The van der Waals surface area contributed by atoms with E-state index < -0.39 is 0 Å². The van der Waals surface area contributed by atoms with Crippen LogP contribution in [0.5, 0.6) is 5.75 Å². The Morgan fingerprint density at radius 1 is 1.00 bits per heavy atom. The number of hydrogen-bond acceptors (Lipinski definition) is 2. The molecule has 0 unspecified atom stereocenters. The highest BCUT2D eigenvalue weighted by atomic mass is 19.1. The Morgan fingerprint density at radius 3 is 2.44 bits per heavy atom. The number of nitrogens with one attached hydrogen (secondary N) is 1. The van der Waals surface area contributed by atoms with Gasteiger partial charge in [-0.2, -0.15) is 0 Å². The van der Waals surface area contributed by atoms with Gasteiger partial charge < -0.3 is 10.4 Å². The maximum Gasteiger partial charge on any atom is 0.127 e. The largest absolute Gasteiger partial charge is 0.508 e. The van der Waals surface area contributed by atoms with Gasteiger partial charge in [0.1, 0.15) is 11.6 Å². The van der Waals surface area contributed by atoms with Gasteiger partial charge in [-0.05, 0) is 36.7 Å². The summed E-state index contributed by atoms with van der Waals surface area (Å²) in [6, 6.07) is 13.9. The van der Waals surface area contributed by atoms with Gasteiger partial charge in [0, 0.05) is 12.1 Å². The third-order valence-corrected chi connectivity index (χ3v) is 2.80. The first-order valence-corrected chi connectivity index (χ1v) is 5.98. The van der Waals surface area contributed by atoms with Gasteiger partial charge in [0.05, 0.1) is 0 Å². The summed E-state index contributed by atoms with van der Waals surface area (Å²) in [5.41, 5.74) is 1.83. The molecule has 0 radical (unpaired) electrons. The highest BCUT2D eigenvalue weighted by molar-refractivity contribution is 5.26. The summed E-state index contributed by atoms with van der Waals surface area (Å²) in [7, 11) is 0. The summed E-state index contributed by atoms with van der Waals surface area (Å²) in [6.45, 7) is 1.31. The van der Waals surface area contributed by atoms with Crippen LogP contribution in [-0.2, 0) is 13.0 Å². The summed E-state index contributed by atoms with van der Waals surface area (Å²) in [5.74, 6) is 0.104. The zero-order chi connectivity index (χ0) is 12.8. The molecule has 0 amide bonds. The van der Waals surface area contributed by atoms with Gasteiger partial charge in [-0.3, -0.25) is 0 Å². The van der Waals surface area contributed by atoms with Crippen LogP contribution in [0, 0.1) is 5.82 Å². The average molecular weight is 245 g/mol. The van der Waals surface area contributed by atoms with Crippen LogP contribution >= 0.6 is 0 Å². The molecule has 0 aliphatic rings. The number of benzene rings is 2. The highest BCUT2D eigenvalue weighted by Crippen LogP contribution is 2.10. The molecule has 18 heavy (non-hydrogen) atoms. The zero-order valence-electron chi connectivity index (χ0n) is 10.1. The van der Waals surface area contributed by atoms with Crippen molar-refractivity contribution in [2.45, 2.75) is 13.0 Å². The molecule has 0 aliphatic heterocycles. The molecule has 0 saturated heterocycles. The second-order valence-corrected chi connectivity index (χ2v) is 4.18. The molecular weight excluding hydrogens is 229 g/mol. The van der Waals surface area contributed by atoms with Gasteiger partial charge in [-0.1, -0.05) is 30.3 Å². The molecule has 94 valence electrons. The van der Waals surface area contributed by atoms with E-state index in [0.29, 0.717) is 12.1 Å². The molecule has 2 aromatic rings. The van der Waals surface area contributed by atoms with Crippen LogP contribution in [0.2, 0.25) is 0 Å². The molecule has 0 bridgehead atoms. The van der Waals surface area contributed by atoms with E-state index in [1.807, 2.05) is 18.2 Å². The van der Waals surface area contributed by atoms with Gasteiger partial charge in [0.2, 0.25) is 0 Å². The van der Waals surface area contributed by atoms with E-state index in [1.165, 1.54) is 6.07 Å². The molecule has 0 aliphatic carbocycles. The van der Waals surface area contributed by atoms with E-state index in [9.17, 15) is 4.39 Å². The van der Waals surface area contributed by atoms with Crippen molar-refractivity contribution in [1.29, 1.82) is 0 Å². The van der Waals surface area contributed by atoms with E-state index in [4.69, 9.17) is 5.11 Å². The minimum absolute atomic E-state index is 0.172. The molecule has 0 aromatic heterocycles. The van der Waals surface area contributed by atoms with E-state index in [-0.39, 0.29) is 11.6 Å². The Bertz CT molecular complexity index is 496. The number of aromatic hydroxyl groups is 1. The topological polar surface area (TPSA) is 32.3 Å². The maximum atomic E-state index is 13.3. The summed E-state index contributed by atoms with van der Waals surface area (Å²) in [5, 5.41) is 12.4. The van der Waals surface area contributed by atoms with Crippen molar-refractivity contribution in [2.24, 2.45) is 0 Å². The standard InChI is InChI=1S/C15H16FNO/c16-15-4-2-1-3-13(15)11-17-10-9-12-5-7-14(18)8-6-12/h1-8,17-18H,9-11H2. The molecule has 0 fully saturated rings. The fourth-order valence-electron chi connectivity index (χ4n) is 1.76. The molecule has 2 nitrogen and oxygen atoms in total. The lowest BCUT2D eigenvalue weighted by atomic mass is 10.1. The third kappa shape index (κ3) is 3.57. The molecule has 0 heterocycles. The Morgan fingerprint density at radius 2 is 1.72 bits per heavy atom. The first kappa shape index (κ1) is 12.6. The van der Waals surface area contributed by atoms with Gasteiger partial charge in [-0.25, -0.2) is 4.39 Å². The second kappa shape index (κ2) is 6.17. The Hall–Kier alpha value is -1.87. The Kier molecular flexibility index (Phi) is 4.31. The molecule has 2 aromatic carbocycles. The SMILES string of the molecule is Oc1ccc(CCNCc2ccccc2F)cc1. The monoisotopic (exact) mass is 245 g/mol. The van der Waals surface area contributed by atoms with Crippen LogP contribution in [0.15, 0.2) is 48.5 Å². The van der Waals surface area contributed by atoms with Gasteiger partial charge >= 0.3 is 0 Å². The molecule has 0 atom stereocenters. The fraction of sp³-hybridized carbons (Fsp3) is 0.200. The number of halogens is 1. The van der Waals surface area contributed by atoms with E-state index in [1.54, 1.807) is 24.3 Å². The van der Waals surface area contributed by atoms with Crippen molar-refractivity contribution in [3.8, 4) is 5.75 Å². The van der Waals surface area contributed by atoms with E-state index in [0.717, 1.165) is 18.5 Å². The Labute approximate surface area is 106 Å². The number of phenols is 1. The molecular formula is C15H16FNO. The first-order chi connectivity index (χ1) is 8.75. The van der Waals surface area contributed by atoms with Crippen molar-refractivity contribution in [3.05, 3.63) is 65.5 Å². The van der Waals surface area contributed by atoms with Crippen molar-refractivity contribution in [1.82, 2.24) is 5.32 Å². The van der Waals surface area contributed by atoms with Crippen molar-refractivity contribution < 1.29 is 9.50 Å². The van der Waals surface area contributed by atoms with Gasteiger partial charge in [-0.15, -0.1) is 0 Å². The lowest BCUT2D eigenvalue weighted by Gasteiger charge is -2.06. The number of phenolic OH excluding ortho intramolecular Hbond substituents is 1. The minimum atomic E-state index is -0.172. The van der Waals surface area contributed by atoms with Crippen LogP contribution in [0.1, 0.15) is 11.1 Å². The normalized spacial score (nSPS) is 10.5. The predicted molar refractivity (Wildman–Crippen MR) is 69.9 cm³/mol. The fourth-order valence-corrected chi connectivity index (χ4v) is 1.76. The zero-order valence-corrected chi connectivity index (χ0v) is 10.1. The van der Waals surface area contributed by atoms with E-state index >= 15 is 0 Å². The predicted octanol–water partition coefficient (Wildman–Crippen LogP) is 2.86. The molecule has 0 saturated carbocycles. The van der Waals surface area contributed by atoms with Crippen LogP contribution in [-0.4, -0.2) is 11.7 Å². The van der Waals surface area contributed by atoms with Crippen LogP contribution < -0.4 is 5.32 Å². The Balaban J connectivity index is 1.76. The van der Waals surface area contributed by atoms with E-state index in [2.05, 4.69) is 5.32 Å². The quantitative estimate of drug-likeness (QED) is 0.794. The van der Waals surface area contributed by atoms with Crippen molar-refractivity contribution in [3.63, 3.8) is 0 Å². The lowest BCUT2D eigenvalue weighted by molar-refractivity contribution is 0.475. The number of hydrogen-bond donors (Lipinski definition) is 2. The molecule has 3 heteroatoms.